The van der Waals surface area contributed by atoms with Gasteiger partial charge in [-0.15, -0.1) is 0 Å². The van der Waals surface area contributed by atoms with Crippen LogP contribution >= 0.6 is 0 Å². The third-order valence-electron chi connectivity index (χ3n) is 5.96. The summed E-state index contributed by atoms with van der Waals surface area (Å²) in [5.41, 5.74) is -0.684. The van der Waals surface area contributed by atoms with Crippen LogP contribution in [0.1, 0.15) is 39.5 Å². The first-order valence-corrected chi connectivity index (χ1v) is 13.1. The van der Waals surface area contributed by atoms with Crippen molar-refractivity contribution in [2.45, 2.75) is 83.4 Å². The van der Waals surface area contributed by atoms with Crippen LogP contribution in [0.3, 0.4) is 0 Å². The maximum absolute atomic E-state index is 12.5. The molecule has 1 fully saturated rings. The van der Waals surface area contributed by atoms with Gasteiger partial charge in [0.2, 0.25) is 0 Å². The molecule has 172 valence electrons. The molecule has 1 saturated heterocycles. The summed E-state index contributed by atoms with van der Waals surface area (Å²) in [5.74, 6) is 0. The number of aromatic nitrogens is 2. The Labute approximate surface area is 178 Å². The number of aromatic amines is 1. The van der Waals surface area contributed by atoms with Crippen molar-refractivity contribution >= 4 is 8.32 Å². The van der Waals surface area contributed by atoms with Gasteiger partial charge in [-0.3, -0.25) is 14.3 Å². The highest BCUT2D eigenvalue weighted by Gasteiger charge is 2.53. The van der Waals surface area contributed by atoms with E-state index in [0.717, 1.165) is 0 Å². The fourth-order valence-corrected chi connectivity index (χ4v) is 4.45. The van der Waals surface area contributed by atoms with E-state index in [0.29, 0.717) is 12.2 Å². The molecule has 1 aliphatic rings. The Kier molecular flexibility index (Phi) is 7.87. The number of aliphatic hydroxyl groups is 1. The first kappa shape index (κ1) is 25.0. The summed E-state index contributed by atoms with van der Waals surface area (Å²) >= 11 is 0. The van der Waals surface area contributed by atoms with E-state index in [2.05, 4.69) is 38.8 Å². The van der Waals surface area contributed by atoms with E-state index in [1.807, 2.05) is 0 Å². The van der Waals surface area contributed by atoms with Crippen LogP contribution in [-0.2, 0) is 18.6 Å². The van der Waals surface area contributed by atoms with Crippen LogP contribution in [0.25, 0.3) is 0 Å². The molecule has 0 spiro atoms. The molecule has 9 nitrogen and oxygen atoms in total. The first-order chi connectivity index (χ1) is 13.8. The molecule has 1 aromatic rings. The summed E-state index contributed by atoms with van der Waals surface area (Å²) in [6.45, 7) is 14.5. The van der Waals surface area contributed by atoms with Crippen molar-refractivity contribution in [3.8, 4) is 0 Å². The van der Waals surface area contributed by atoms with Crippen LogP contribution in [0, 0.1) is 6.92 Å². The molecule has 5 atom stereocenters. The largest absolute Gasteiger partial charge is 0.408 e. The third kappa shape index (κ3) is 5.30. The van der Waals surface area contributed by atoms with Gasteiger partial charge in [-0.2, -0.15) is 0 Å². The number of aliphatic hydroxyl groups excluding tert-OH is 1. The van der Waals surface area contributed by atoms with Gasteiger partial charge in [0.05, 0.1) is 19.3 Å². The second-order valence-electron chi connectivity index (χ2n) is 9.38. The van der Waals surface area contributed by atoms with E-state index < -0.39 is 50.2 Å². The fraction of sp³-hybridized carbons (Fsp3) is 0.800. The number of hydrogen-bond acceptors (Lipinski definition) is 7. The maximum Gasteiger partial charge on any atom is 0.330 e. The van der Waals surface area contributed by atoms with Crippen molar-refractivity contribution < 1.29 is 23.7 Å². The minimum Gasteiger partial charge on any atom is -0.408 e. The van der Waals surface area contributed by atoms with E-state index in [-0.39, 0.29) is 11.6 Å². The average molecular weight is 445 g/mol. The van der Waals surface area contributed by atoms with E-state index in [4.69, 9.17) is 18.6 Å². The van der Waals surface area contributed by atoms with Gasteiger partial charge in [-0.25, -0.2) is 4.79 Å². The predicted molar refractivity (Wildman–Crippen MR) is 115 cm³/mol. The van der Waals surface area contributed by atoms with Crippen LogP contribution in [-0.4, -0.2) is 67.7 Å². The highest BCUT2D eigenvalue weighted by atomic mass is 28.4. The lowest BCUT2D eigenvalue weighted by Gasteiger charge is -2.41. The van der Waals surface area contributed by atoms with Crippen molar-refractivity contribution in [2.75, 3.05) is 20.3 Å². The molecular formula is C20H36N2O7Si. The van der Waals surface area contributed by atoms with Crippen molar-refractivity contribution in [2.24, 2.45) is 0 Å². The zero-order chi connectivity index (χ0) is 22.9. The standard InChI is InChI=1S/C20H36N2O7Si/c1-12-11-22(19(25)21-17(12)24)18-16(27-10-9-26-6)15(14(28-18)13(2)23)29-30(7,8)20(3,4)5/h11,13-16,18,23H,9-10H2,1-8H3,(H,21,24,25)/t13-,14?,15-,16-,18-/m1/s1. The molecule has 10 heteroatoms. The van der Waals surface area contributed by atoms with Crippen molar-refractivity contribution in [1.82, 2.24) is 9.55 Å². The lowest BCUT2D eigenvalue weighted by atomic mass is 10.1. The Morgan fingerprint density at radius 2 is 1.90 bits per heavy atom. The van der Waals surface area contributed by atoms with Gasteiger partial charge >= 0.3 is 5.69 Å². The molecule has 30 heavy (non-hydrogen) atoms. The second-order valence-corrected chi connectivity index (χ2v) is 14.1. The zero-order valence-corrected chi connectivity index (χ0v) is 20.2. The molecule has 0 bridgehead atoms. The molecule has 2 N–H and O–H groups in total. The SMILES string of the molecule is COCCO[C@@H]1[C@H](O[Si](C)(C)C(C)(C)C)C([C@@H](C)O)O[C@H]1n1cc(C)c(=O)[nH]c1=O. The number of methoxy groups -OCH3 is 1. The van der Waals surface area contributed by atoms with E-state index in [1.54, 1.807) is 21.0 Å². The van der Waals surface area contributed by atoms with Crippen molar-refractivity contribution in [1.29, 1.82) is 0 Å². The summed E-state index contributed by atoms with van der Waals surface area (Å²) in [5, 5.41) is 10.4. The Morgan fingerprint density at radius 1 is 1.27 bits per heavy atom. The number of H-pyrrole nitrogens is 1. The Bertz CT molecular complexity index is 828. The Balaban J connectivity index is 2.50. The summed E-state index contributed by atoms with van der Waals surface area (Å²) < 4.78 is 25.2. The minimum atomic E-state index is -2.26. The van der Waals surface area contributed by atoms with Crippen LogP contribution < -0.4 is 11.2 Å². The summed E-state index contributed by atoms with van der Waals surface area (Å²) in [6.07, 6.45) is -2.22. The van der Waals surface area contributed by atoms with Gasteiger partial charge < -0.3 is 23.7 Å². The fourth-order valence-electron chi connectivity index (χ4n) is 3.15. The normalized spacial score (nSPS) is 26.2. The van der Waals surface area contributed by atoms with E-state index >= 15 is 0 Å². The molecule has 2 heterocycles. The number of ether oxygens (including phenoxy) is 3. The highest BCUT2D eigenvalue weighted by Crippen LogP contribution is 2.42. The molecule has 1 unspecified atom stereocenters. The van der Waals surface area contributed by atoms with E-state index in [1.165, 1.54) is 10.8 Å². The number of nitrogens with one attached hydrogen (secondary N) is 1. The smallest absolute Gasteiger partial charge is 0.330 e. The molecule has 2 rings (SSSR count). The van der Waals surface area contributed by atoms with Gasteiger partial charge in [0, 0.05) is 18.9 Å². The van der Waals surface area contributed by atoms with Crippen molar-refractivity contribution in [3.05, 3.63) is 32.6 Å². The number of nitrogens with zero attached hydrogens (tertiary/aromatic N) is 1. The molecule has 1 aliphatic heterocycles. The highest BCUT2D eigenvalue weighted by molar-refractivity contribution is 6.74. The monoisotopic (exact) mass is 444 g/mol. The molecule has 1 aromatic heterocycles. The minimum absolute atomic E-state index is 0.0726. The summed E-state index contributed by atoms with van der Waals surface area (Å²) in [7, 11) is -0.685. The molecular weight excluding hydrogens is 408 g/mol. The summed E-state index contributed by atoms with van der Waals surface area (Å²) in [4.78, 5) is 26.7. The van der Waals surface area contributed by atoms with Crippen LogP contribution in [0.15, 0.2) is 15.8 Å². The van der Waals surface area contributed by atoms with Crippen LogP contribution in [0.4, 0.5) is 0 Å². The predicted octanol–water partition coefficient (Wildman–Crippen LogP) is 1.55. The lowest BCUT2D eigenvalue weighted by Crippen LogP contribution is -2.51. The number of rotatable bonds is 8. The van der Waals surface area contributed by atoms with Gasteiger partial charge in [0.1, 0.15) is 18.3 Å². The molecule has 0 aromatic carbocycles. The molecule has 0 radical (unpaired) electrons. The van der Waals surface area contributed by atoms with Gasteiger partial charge in [0.15, 0.2) is 14.5 Å². The Morgan fingerprint density at radius 3 is 2.43 bits per heavy atom. The van der Waals surface area contributed by atoms with Gasteiger partial charge in [-0.1, -0.05) is 20.8 Å². The topological polar surface area (TPSA) is 112 Å². The maximum atomic E-state index is 12.5. The Hall–Kier alpha value is -1.30. The average Bonchev–Trinajstić information content (AvgIpc) is 2.95. The van der Waals surface area contributed by atoms with Gasteiger partial charge in [0.25, 0.3) is 5.56 Å². The summed E-state index contributed by atoms with van der Waals surface area (Å²) in [6, 6.07) is 0. The number of hydrogen-bond donors (Lipinski definition) is 2. The lowest BCUT2D eigenvalue weighted by molar-refractivity contribution is -0.0902. The second kappa shape index (κ2) is 9.45. The zero-order valence-electron chi connectivity index (χ0n) is 19.2. The first-order valence-electron chi connectivity index (χ1n) is 10.2. The van der Waals surface area contributed by atoms with E-state index in [9.17, 15) is 14.7 Å². The molecule has 0 aliphatic carbocycles. The van der Waals surface area contributed by atoms with Gasteiger partial charge in [-0.05, 0) is 32.0 Å². The number of aryl methyl sites for hydroxylation is 1. The molecule has 0 amide bonds. The third-order valence-corrected chi connectivity index (χ3v) is 10.4. The van der Waals surface area contributed by atoms with Crippen molar-refractivity contribution in [3.63, 3.8) is 0 Å². The van der Waals surface area contributed by atoms with Crippen LogP contribution in [0.2, 0.25) is 18.1 Å². The quantitative estimate of drug-likeness (QED) is 0.462. The van der Waals surface area contributed by atoms with Crippen LogP contribution in [0.5, 0.6) is 0 Å². The molecule has 0 saturated carbocycles.